The maximum absolute atomic E-state index is 13.6. The number of benzene rings is 6. The zero-order valence-corrected chi connectivity index (χ0v) is 43.2. The van der Waals surface area contributed by atoms with E-state index in [0.29, 0.717) is 30.7 Å². The topological polar surface area (TPSA) is 76.2 Å². The first-order valence-corrected chi connectivity index (χ1v) is 26.0. The Morgan fingerprint density at radius 3 is 1.18 bits per heavy atom. The molecule has 0 aliphatic carbocycles. The van der Waals surface area contributed by atoms with Crippen LogP contribution in [-0.2, 0) is 54.9 Å². The SMILES string of the molecule is CC(C)Cc1ccc(C=O)cc1.CC(C)Cc1ccc(CN[C@@H](Cc2ccccc2)C(=O)N2CCN(Cc3ccccc3)CC2)cc1.C[C@@H](Cc1ccccc1)C(=O)N1CCN(Cc2ccccc2)CC1. The van der Waals surface area contributed by atoms with E-state index in [2.05, 4.69) is 146 Å². The molecule has 0 unspecified atom stereocenters. The van der Waals surface area contributed by atoms with Gasteiger partial charge in [-0.3, -0.25) is 24.2 Å². The first-order valence-electron chi connectivity index (χ1n) is 26.0. The molecule has 6 aromatic carbocycles. The standard InChI is InChI=1S/C31H39N3O.C21H26N2O.C11H14O/c1-25(2)21-27-13-15-28(16-14-27)23-32-30(22-26-9-5-3-6-10-26)31(35)34-19-17-33(18-20-34)24-29-11-7-4-8-12-29;1-18(16-19-8-4-2-5-9-19)21(24)23-14-12-22(13-15-23)17-20-10-6-3-7-11-20;1-9(2)7-10-3-5-11(8-12)6-4-10/h3-16,25,30,32H,17-24H2,1-2H3;2-11,18H,12-17H2,1H3;3-6,8-9H,7H2,1-2H3/t30-;18-;/m00./s1. The Morgan fingerprint density at radius 2 is 0.775 bits per heavy atom. The zero-order chi connectivity index (χ0) is 50.2. The summed E-state index contributed by atoms with van der Waals surface area (Å²) in [7, 11) is 0. The van der Waals surface area contributed by atoms with Crippen molar-refractivity contribution in [1.29, 1.82) is 0 Å². The van der Waals surface area contributed by atoms with Gasteiger partial charge in [-0.05, 0) is 76.5 Å². The molecule has 374 valence electrons. The van der Waals surface area contributed by atoms with Crippen LogP contribution in [0, 0.1) is 17.8 Å². The van der Waals surface area contributed by atoms with Crippen LogP contribution in [0.25, 0.3) is 0 Å². The van der Waals surface area contributed by atoms with Crippen LogP contribution in [0.15, 0.2) is 170 Å². The fourth-order valence-electron chi connectivity index (χ4n) is 9.33. The Morgan fingerprint density at radius 1 is 0.423 bits per heavy atom. The normalized spacial score (nSPS) is 15.0. The van der Waals surface area contributed by atoms with Gasteiger partial charge < -0.3 is 15.1 Å². The molecule has 8 nitrogen and oxygen atoms in total. The second-order valence-corrected chi connectivity index (χ2v) is 20.3. The molecule has 2 atom stereocenters. The molecule has 2 heterocycles. The highest BCUT2D eigenvalue weighted by Gasteiger charge is 2.28. The van der Waals surface area contributed by atoms with Crippen molar-refractivity contribution in [3.05, 3.63) is 214 Å². The van der Waals surface area contributed by atoms with E-state index in [-0.39, 0.29) is 17.9 Å². The number of amides is 2. The van der Waals surface area contributed by atoms with Crippen LogP contribution in [0.5, 0.6) is 0 Å². The smallest absolute Gasteiger partial charge is 0.240 e. The van der Waals surface area contributed by atoms with Gasteiger partial charge in [0, 0.05) is 83.5 Å². The average Bonchev–Trinajstić information content (AvgIpc) is 3.39. The van der Waals surface area contributed by atoms with E-state index in [9.17, 15) is 14.4 Å². The second-order valence-electron chi connectivity index (χ2n) is 20.3. The number of carbonyl (C=O) groups excluding carboxylic acids is 3. The largest absolute Gasteiger partial charge is 0.340 e. The highest BCUT2D eigenvalue weighted by Crippen LogP contribution is 2.17. The molecule has 2 saturated heterocycles. The monoisotopic (exact) mass is 954 g/mol. The highest BCUT2D eigenvalue weighted by molar-refractivity contribution is 5.82. The van der Waals surface area contributed by atoms with Crippen LogP contribution in [0.4, 0.5) is 0 Å². The lowest BCUT2D eigenvalue weighted by atomic mass is 9.99. The van der Waals surface area contributed by atoms with E-state index in [1.807, 2.05) is 83.5 Å². The van der Waals surface area contributed by atoms with Crippen LogP contribution in [0.1, 0.15) is 83.9 Å². The van der Waals surface area contributed by atoms with E-state index in [1.54, 1.807) is 0 Å². The second kappa shape index (κ2) is 29.2. The Hall–Kier alpha value is -6.19. The van der Waals surface area contributed by atoms with Gasteiger partial charge in [0.2, 0.25) is 11.8 Å². The predicted octanol–water partition coefficient (Wildman–Crippen LogP) is 10.8. The number of carbonyl (C=O) groups is 3. The van der Waals surface area contributed by atoms with Crippen molar-refractivity contribution in [2.75, 3.05) is 52.4 Å². The third-order valence-corrected chi connectivity index (χ3v) is 13.2. The van der Waals surface area contributed by atoms with E-state index < -0.39 is 0 Å². The number of piperazine rings is 2. The molecule has 0 aromatic heterocycles. The lowest BCUT2D eigenvalue weighted by Gasteiger charge is -2.36. The molecule has 2 aliphatic heterocycles. The molecule has 6 aromatic rings. The Bertz CT molecular complexity index is 2410. The lowest BCUT2D eigenvalue weighted by molar-refractivity contribution is -0.137. The summed E-state index contributed by atoms with van der Waals surface area (Å²) >= 11 is 0. The Balaban J connectivity index is 0.000000197. The maximum atomic E-state index is 13.6. The molecule has 1 N–H and O–H groups in total. The summed E-state index contributed by atoms with van der Waals surface area (Å²) in [5, 5.41) is 3.59. The van der Waals surface area contributed by atoms with Crippen LogP contribution in [0.3, 0.4) is 0 Å². The lowest BCUT2D eigenvalue weighted by Crippen LogP contribution is -2.54. The van der Waals surface area contributed by atoms with E-state index >= 15 is 0 Å². The minimum Gasteiger partial charge on any atom is -0.340 e. The van der Waals surface area contributed by atoms with Gasteiger partial charge in [0.1, 0.15) is 6.29 Å². The van der Waals surface area contributed by atoms with E-state index in [4.69, 9.17) is 0 Å². The predicted molar refractivity (Wildman–Crippen MR) is 292 cm³/mol. The van der Waals surface area contributed by atoms with Gasteiger partial charge in [0.05, 0.1) is 6.04 Å². The molecule has 0 radical (unpaired) electrons. The number of hydrogen-bond donors (Lipinski definition) is 1. The molecule has 8 rings (SSSR count). The number of aldehydes is 1. The number of hydrogen-bond acceptors (Lipinski definition) is 6. The van der Waals surface area contributed by atoms with Crippen molar-refractivity contribution in [3.8, 4) is 0 Å². The maximum Gasteiger partial charge on any atom is 0.240 e. The summed E-state index contributed by atoms with van der Waals surface area (Å²) in [5.41, 5.74) is 9.74. The van der Waals surface area contributed by atoms with Crippen molar-refractivity contribution >= 4 is 18.1 Å². The summed E-state index contributed by atoms with van der Waals surface area (Å²) in [6, 6.07) is 58.1. The van der Waals surface area contributed by atoms with Crippen LogP contribution < -0.4 is 5.32 Å². The quantitative estimate of drug-likeness (QED) is 0.0865. The van der Waals surface area contributed by atoms with Gasteiger partial charge >= 0.3 is 0 Å². The number of nitrogens with one attached hydrogen (secondary N) is 1. The minimum atomic E-state index is -0.228. The first-order chi connectivity index (χ1) is 34.5. The zero-order valence-electron chi connectivity index (χ0n) is 43.2. The van der Waals surface area contributed by atoms with Crippen molar-refractivity contribution in [2.24, 2.45) is 17.8 Å². The Labute approximate surface area is 426 Å². The highest BCUT2D eigenvalue weighted by atomic mass is 16.2. The number of nitrogens with zero attached hydrogens (tertiary/aromatic N) is 4. The molecule has 0 saturated carbocycles. The average molecular weight is 954 g/mol. The molecular formula is C63H79N5O3. The van der Waals surface area contributed by atoms with Crippen LogP contribution in [-0.4, -0.2) is 96.1 Å². The summed E-state index contributed by atoms with van der Waals surface area (Å²) in [6.45, 7) is 20.5. The van der Waals surface area contributed by atoms with Gasteiger partial charge in [-0.2, -0.15) is 0 Å². The summed E-state index contributed by atoms with van der Waals surface area (Å²) < 4.78 is 0. The first kappa shape index (κ1) is 54.1. The summed E-state index contributed by atoms with van der Waals surface area (Å²) in [5.74, 6) is 1.88. The van der Waals surface area contributed by atoms with Gasteiger partial charge in [-0.1, -0.05) is 204 Å². The van der Waals surface area contributed by atoms with Crippen LogP contribution in [0.2, 0.25) is 0 Å². The third kappa shape index (κ3) is 19.2. The molecular weight excluding hydrogens is 875 g/mol. The van der Waals surface area contributed by atoms with Crippen molar-refractivity contribution in [1.82, 2.24) is 24.9 Å². The van der Waals surface area contributed by atoms with Gasteiger partial charge in [0.15, 0.2) is 0 Å². The Kier molecular flexibility index (Phi) is 22.3. The van der Waals surface area contributed by atoms with Crippen LogP contribution >= 0.6 is 0 Å². The van der Waals surface area contributed by atoms with Gasteiger partial charge in [-0.25, -0.2) is 0 Å². The van der Waals surface area contributed by atoms with E-state index in [1.165, 1.54) is 38.9 Å². The minimum absolute atomic E-state index is 0.0491. The fourth-order valence-corrected chi connectivity index (χ4v) is 9.33. The van der Waals surface area contributed by atoms with Crippen molar-refractivity contribution in [2.45, 2.75) is 86.0 Å². The fraction of sp³-hybridized carbons (Fsp3) is 0.381. The van der Waals surface area contributed by atoms with Crippen molar-refractivity contribution < 1.29 is 14.4 Å². The molecule has 8 heteroatoms. The molecule has 2 amide bonds. The molecule has 0 bridgehead atoms. The summed E-state index contributed by atoms with van der Waals surface area (Å²) in [4.78, 5) is 45.6. The molecule has 71 heavy (non-hydrogen) atoms. The van der Waals surface area contributed by atoms with E-state index in [0.717, 1.165) is 96.6 Å². The molecule has 0 spiro atoms. The summed E-state index contributed by atoms with van der Waals surface area (Å²) in [6.07, 6.45) is 4.58. The number of rotatable bonds is 18. The molecule has 2 fully saturated rings. The van der Waals surface area contributed by atoms with Crippen molar-refractivity contribution in [3.63, 3.8) is 0 Å². The molecule has 2 aliphatic rings. The van der Waals surface area contributed by atoms with Gasteiger partial charge in [-0.15, -0.1) is 0 Å². The van der Waals surface area contributed by atoms with Gasteiger partial charge in [0.25, 0.3) is 0 Å². The third-order valence-electron chi connectivity index (χ3n) is 13.2.